The van der Waals surface area contributed by atoms with Gasteiger partial charge in [0.05, 0.1) is 11.5 Å². The van der Waals surface area contributed by atoms with Crippen LogP contribution in [-0.2, 0) is 9.84 Å². The van der Waals surface area contributed by atoms with Gasteiger partial charge in [0.2, 0.25) is 0 Å². The van der Waals surface area contributed by atoms with Crippen molar-refractivity contribution in [3.63, 3.8) is 0 Å². The number of sulfone groups is 1. The van der Waals surface area contributed by atoms with Crippen LogP contribution in [-0.4, -0.2) is 35.9 Å². The molecule has 3 rings (SSSR count). The third-order valence-corrected chi connectivity index (χ3v) is 5.16. The predicted molar refractivity (Wildman–Crippen MR) is 70.4 cm³/mol. The van der Waals surface area contributed by atoms with Crippen LogP contribution in [0.4, 0.5) is 5.82 Å². The van der Waals surface area contributed by atoms with Crippen molar-refractivity contribution in [2.45, 2.75) is 6.42 Å². The van der Waals surface area contributed by atoms with Gasteiger partial charge in [-0.3, -0.25) is 4.40 Å². The van der Waals surface area contributed by atoms with E-state index in [2.05, 4.69) is 10.3 Å². The summed E-state index contributed by atoms with van der Waals surface area (Å²) in [5.41, 5.74) is 0.888. The topological polar surface area (TPSA) is 63.5 Å². The molecular weight excluding hydrogens is 250 g/mol. The number of hydrogen-bond acceptors (Lipinski definition) is 4. The summed E-state index contributed by atoms with van der Waals surface area (Å²) >= 11 is 0. The third kappa shape index (κ3) is 2.20. The van der Waals surface area contributed by atoms with Crippen molar-refractivity contribution in [1.29, 1.82) is 0 Å². The van der Waals surface area contributed by atoms with E-state index in [-0.39, 0.29) is 5.92 Å². The van der Waals surface area contributed by atoms with Crippen molar-refractivity contribution < 1.29 is 8.42 Å². The highest BCUT2D eigenvalue weighted by atomic mass is 32.2. The molecule has 2 aromatic heterocycles. The van der Waals surface area contributed by atoms with Crippen LogP contribution in [0.15, 0.2) is 30.6 Å². The van der Waals surface area contributed by atoms with Gasteiger partial charge in [0.25, 0.3) is 0 Å². The van der Waals surface area contributed by atoms with Crippen molar-refractivity contribution in [3.8, 4) is 0 Å². The maximum absolute atomic E-state index is 11.4. The molecule has 18 heavy (non-hydrogen) atoms. The van der Waals surface area contributed by atoms with E-state index in [1.165, 1.54) is 0 Å². The first-order valence-electron chi connectivity index (χ1n) is 6.00. The lowest BCUT2D eigenvalue weighted by atomic mass is 10.1. The zero-order valence-corrected chi connectivity index (χ0v) is 10.7. The van der Waals surface area contributed by atoms with E-state index in [4.69, 9.17) is 0 Å². The van der Waals surface area contributed by atoms with Gasteiger partial charge in [0.1, 0.15) is 11.5 Å². The molecule has 0 bridgehead atoms. The van der Waals surface area contributed by atoms with Gasteiger partial charge in [-0.05, 0) is 24.5 Å². The van der Waals surface area contributed by atoms with Gasteiger partial charge in [-0.1, -0.05) is 6.07 Å². The number of imidazole rings is 1. The monoisotopic (exact) mass is 265 g/mol. The fourth-order valence-electron chi connectivity index (χ4n) is 2.37. The lowest BCUT2D eigenvalue weighted by molar-refractivity contribution is 0.595. The Labute approximate surface area is 106 Å². The average molecular weight is 265 g/mol. The molecule has 1 aliphatic heterocycles. The summed E-state index contributed by atoms with van der Waals surface area (Å²) in [5, 5.41) is 3.31. The van der Waals surface area contributed by atoms with Crippen LogP contribution in [0.1, 0.15) is 6.42 Å². The largest absolute Gasteiger partial charge is 0.371 e. The second kappa shape index (κ2) is 4.28. The van der Waals surface area contributed by atoms with E-state index >= 15 is 0 Å². The molecular formula is C12H15N3O2S. The summed E-state index contributed by atoms with van der Waals surface area (Å²) in [7, 11) is -2.79. The molecule has 2 aromatic rings. The molecule has 1 saturated heterocycles. The fraction of sp³-hybridized carbons (Fsp3) is 0.417. The van der Waals surface area contributed by atoms with Gasteiger partial charge in [-0.15, -0.1) is 0 Å². The lowest BCUT2D eigenvalue weighted by Gasteiger charge is -2.12. The van der Waals surface area contributed by atoms with Crippen LogP contribution < -0.4 is 5.32 Å². The summed E-state index contributed by atoms with van der Waals surface area (Å²) in [4.78, 5) is 4.21. The lowest BCUT2D eigenvalue weighted by Crippen LogP contribution is -2.16. The minimum absolute atomic E-state index is 0.216. The normalized spacial score (nSPS) is 22.3. The molecule has 0 spiro atoms. The molecule has 0 aliphatic carbocycles. The van der Waals surface area contributed by atoms with E-state index in [9.17, 15) is 8.42 Å². The Morgan fingerprint density at radius 2 is 2.33 bits per heavy atom. The quantitative estimate of drug-likeness (QED) is 0.905. The van der Waals surface area contributed by atoms with Crippen molar-refractivity contribution in [1.82, 2.24) is 9.38 Å². The Hall–Kier alpha value is -1.56. The average Bonchev–Trinajstić information content (AvgIpc) is 2.92. The van der Waals surface area contributed by atoms with Crippen molar-refractivity contribution in [2.75, 3.05) is 23.4 Å². The zero-order chi connectivity index (χ0) is 12.6. The van der Waals surface area contributed by atoms with Gasteiger partial charge in [0, 0.05) is 18.9 Å². The summed E-state index contributed by atoms with van der Waals surface area (Å²) in [6.07, 6.45) is 4.40. The minimum Gasteiger partial charge on any atom is -0.371 e. The number of nitrogens with zero attached hydrogens (tertiary/aromatic N) is 2. The highest BCUT2D eigenvalue weighted by Crippen LogP contribution is 2.19. The number of aromatic nitrogens is 2. The molecule has 0 saturated carbocycles. The minimum atomic E-state index is -2.79. The molecule has 1 atom stereocenters. The smallest absolute Gasteiger partial charge is 0.150 e. The van der Waals surface area contributed by atoms with E-state index < -0.39 is 9.84 Å². The molecule has 3 heterocycles. The Bertz CT molecular complexity index is 663. The van der Waals surface area contributed by atoms with Gasteiger partial charge in [-0.25, -0.2) is 13.4 Å². The first kappa shape index (κ1) is 11.5. The van der Waals surface area contributed by atoms with Crippen LogP contribution in [0.3, 0.4) is 0 Å². The number of nitrogens with one attached hydrogen (secondary N) is 1. The summed E-state index contributed by atoms with van der Waals surface area (Å²) in [6.45, 7) is 0.691. The van der Waals surface area contributed by atoms with Crippen LogP contribution >= 0.6 is 0 Å². The molecule has 1 fully saturated rings. The number of rotatable bonds is 3. The molecule has 0 amide bonds. The van der Waals surface area contributed by atoms with Gasteiger partial charge < -0.3 is 5.32 Å². The number of fused-ring (bicyclic) bond motifs is 1. The van der Waals surface area contributed by atoms with Crippen molar-refractivity contribution in [3.05, 3.63) is 30.6 Å². The van der Waals surface area contributed by atoms with Crippen LogP contribution in [0.25, 0.3) is 5.65 Å². The van der Waals surface area contributed by atoms with E-state index in [0.29, 0.717) is 18.1 Å². The van der Waals surface area contributed by atoms with Crippen LogP contribution in [0.2, 0.25) is 0 Å². The number of pyridine rings is 1. The molecule has 1 unspecified atom stereocenters. The highest BCUT2D eigenvalue weighted by Gasteiger charge is 2.27. The molecule has 5 nitrogen and oxygen atoms in total. The Morgan fingerprint density at radius 1 is 1.44 bits per heavy atom. The van der Waals surface area contributed by atoms with E-state index in [1.54, 1.807) is 6.20 Å². The first-order chi connectivity index (χ1) is 8.64. The second-order valence-corrected chi connectivity index (χ2v) is 6.95. The van der Waals surface area contributed by atoms with Crippen LogP contribution in [0, 0.1) is 5.92 Å². The highest BCUT2D eigenvalue weighted by molar-refractivity contribution is 7.91. The molecule has 1 N–H and O–H groups in total. The maximum atomic E-state index is 11.4. The van der Waals surface area contributed by atoms with Gasteiger partial charge >= 0.3 is 0 Å². The SMILES string of the molecule is O=S1(=O)CCC(CNc2cccc3nccn23)C1. The fourth-order valence-corrected chi connectivity index (χ4v) is 4.24. The summed E-state index contributed by atoms with van der Waals surface area (Å²) in [6, 6.07) is 5.85. The maximum Gasteiger partial charge on any atom is 0.150 e. The Morgan fingerprint density at radius 3 is 3.11 bits per heavy atom. The van der Waals surface area contributed by atoms with Crippen molar-refractivity contribution >= 4 is 21.3 Å². The molecule has 0 aromatic carbocycles. The predicted octanol–water partition coefficient (Wildman–Crippen LogP) is 1.18. The van der Waals surface area contributed by atoms with Crippen molar-refractivity contribution in [2.24, 2.45) is 5.92 Å². The first-order valence-corrected chi connectivity index (χ1v) is 7.82. The zero-order valence-electron chi connectivity index (χ0n) is 9.91. The summed E-state index contributed by atoms with van der Waals surface area (Å²) in [5.74, 6) is 1.80. The molecule has 1 aliphatic rings. The van der Waals surface area contributed by atoms with Gasteiger partial charge in [-0.2, -0.15) is 0 Å². The number of anilines is 1. The molecule has 0 radical (unpaired) electrons. The Kier molecular flexibility index (Phi) is 2.74. The Balaban J connectivity index is 1.72. The third-order valence-electron chi connectivity index (χ3n) is 3.33. The summed E-state index contributed by atoms with van der Waals surface area (Å²) < 4.78 is 24.7. The number of hydrogen-bond donors (Lipinski definition) is 1. The molecule has 6 heteroatoms. The van der Waals surface area contributed by atoms with Gasteiger partial charge in [0.15, 0.2) is 9.84 Å². The van der Waals surface area contributed by atoms with E-state index in [0.717, 1.165) is 17.9 Å². The van der Waals surface area contributed by atoms with Crippen LogP contribution in [0.5, 0.6) is 0 Å². The standard InChI is InChI=1S/C12H15N3O2S/c16-18(17)7-4-10(9-18)8-14-12-3-1-2-11-13-5-6-15(11)12/h1-3,5-6,10,14H,4,7-9H2. The van der Waals surface area contributed by atoms with E-state index in [1.807, 2.05) is 28.8 Å². The second-order valence-electron chi connectivity index (χ2n) is 4.72. The molecule has 96 valence electrons.